The lowest BCUT2D eigenvalue weighted by Gasteiger charge is -2.40. The van der Waals surface area contributed by atoms with E-state index < -0.39 is 0 Å². The molecular weight excluding hydrogens is 182 g/mol. The van der Waals surface area contributed by atoms with Crippen molar-refractivity contribution in [2.45, 2.75) is 44.8 Å². The fourth-order valence-electron chi connectivity index (χ4n) is 1.50. The van der Waals surface area contributed by atoms with Crippen LogP contribution in [0.1, 0.15) is 33.1 Å². The van der Waals surface area contributed by atoms with Crippen LogP contribution >= 0.6 is 0 Å². The summed E-state index contributed by atoms with van der Waals surface area (Å²) in [6.07, 6.45) is 2.88. The van der Waals surface area contributed by atoms with Crippen LogP contribution < -0.4 is 5.32 Å². The average molecular weight is 201 g/mol. The first-order chi connectivity index (χ1) is 6.58. The second kappa shape index (κ2) is 4.75. The Morgan fingerprint density at radius 3 is 2.57 bits per heavy atom. The standard InChI is InChI=1S/C10H19NO3/c1-8(2)14-6-9(13)11-10(7-12)4-3-5-10/h8,12H,3-7H2,1-2H3,(H,11,13). The smallest absolute Gasteiger partial charge is 0.246 e. The molecule has 1 rings (SSSR count). The van der Waals surface area contributed by atoms with Gasteiger partial charge in [-0.05, 0) is 33.1 Å². The number of amides is 1. The predicted molar refractivity (Wildman–Crippen MR) is 52.9 cm³/mol. The Morgan fingerprint density at radius 1 is 1.57 bits per heavy atom. The van der Waals surface area contributed by atoms with Gasteiger partial charge in [0, 0.05) is 0 Å². The summed E-state index contributed by atoms with van der Waals surface area (Å²) in [6, 6.07) is 0. The van der Waals surface area contributed by atoms with Gasteiger partial charge in [0.05, 0.1) is 18.2 Å². The molecule has 0 spiro atoms. The lowest BCUT2D eigenvalue weighted by Crippen LogP contribution is -2.57. The highest BCUT2D eigenvalue weighted by Crippen LogP contribution is 2.30. The fourth-order valence-corrected chi connectivity index (χ4v) is 1.50. The summed E-state index contributed by atoms with van der Waals surface area (Å²) in [6.45, 7) is 3.89. The van der Waals surface area contributed by atoms with Crippen LogP contribution in [0.15, 0.2) is 0 Å². The van der Waals surface area contributed by atoms with Crippen molar-refractivity contribution in [1.82, 2.24) is 5.32 Å². The molecule has 4 heteroatoms. The first-order valence-electron chi connectivity index (χ1n) is 5.11. The maximum atomic E-state index is 11.4. The van der Waals surface area contributed by atoms with E-state index in [-0.39, 0.29) is 30.8 Å². The van der Waals surface area contributed by atoms with Crippen molar-refractivity contribution in [3.63, 3.8) is 0 Å². The molecule has 1 fully saturated rings. The molecule has 0 saturated heterocycles. The third-order valence-corrected chi connectivity index (χ3v) is 2.57. The minimum Gasteiger partial charge on any atom is -0.394 e. The zero-order valence-corrected chi connectivity index (χ0v) is 8.88. The highest BCUT2D eigenvalue weighted by atomic mass is 16.5. The number of aliphatic hydroxyl groups excluding tert-OH is 1. The van der Waals surface area contributed by atoms with Crippen molar-refractivity contribution in [2.24, 2.45) is 0 Å². The number of carbonyl (C=O) groups is 1. The van der Waals surface area contributed by atoms with Crippen molar-refractivity contribution >= 4 is 5.91 Å². The minimum atomic E-state index is -0.350. The fraction of sp³-hybridized carbons (Fsp3) is 0.900. The lowest BCUT2D eigenvalue weighted by molar-refractivity contribution is -0.131. The van der Waals surface area contributed by atoms with E-state index in [0.717, 1.165) is 19.3 Å². The van der Waals surface area contributed by atoms with Gasteiger partial charge in [0.1, 0.15) is 6.61 Å². The number of rotatable bonds is 5. The van der Waals surface area contributed by atoms with Gasteiger partial charge >= 0.3 is 0 Å². The SMILES string of the molecule is CC(C)OCC(=O)NC1(CO)CCC1. The Morgan fingerprint density at radius 2 is 2.21 bits per heavy atom. The molecule has 2 N–H and O–H groups in total. The van der Waals surface area contributed by atoms with Crippen LogP contribution in [0.25, 0.3) is 0 Å². The number of hydrogen-bond donors (Lipinski definition) is 2. The van der Waals surface area contributed by atoms with Crippen molar-refractivity contribution in [3.05, 3.63) is 0 Å². The van der Waals surface area contributed by atoms with Crippen molar-refractivity contribution in [3.8, 4) is 0 Å². The second-order valence-electron chi connectivity index (χ2n) is 4.20. The molecule has 0 aromatic carbocycles. The number of aliphatic hydroxyl groups is 1. The molecular formula is C10H19NO3. The summed E-state index contributed by atoms with van der Waals surface area (Å²) < 4.78 is 5.17. The number of carbonyl (C=O) groups excluding carboxylic acids is 1. The first kappa shape index (κ1) is 11.5. The van der Waals surface area contributed by atoms with Gasteiger partial charge in [0.2, 0.25) is 5.91 Å². The van der Waals surface area contributed by atoms with Crippen LogP contribution in [-0.2, 0) is 9.53 Å². The summed E-state index contributed by atoms with van der Waals surface area (Å²) in [5, 5.41) is 11.9. The molecule has 0 radical (unpaired) electrons. The number of nitrogens with one attached hydrogen (secondary N) is 1. The Kier molecular flexibility index (Phi) is 3.89. The van der Waals surface area contributed by atoms with Crippen LogP contribution in [0.4, 0.5) is 0 Å². The van der Waals surface area contributed by atoms with E-state index in [4.69, 9.17) is 9.84 Å². The summed E-state index contributed by atoms with van der Waals surface area (Å²) in [5.41, 5.74) is -0.350. The van der Waals surface area contributed by atoms with E-state index in [1.165, 1.54) is 0 Å². The van der Waals surface area contributed by atoms with Crippen LogP contribution in [-0.4, -0.2) is 35.9 Å². The Balaban J connectivity index is 2.25. The van der Waals surface area contributed by atoms with Crippen LogP contribution in [0.3, 0.4) is 0 Å². The Bertz CT molecular complexity index is 194. The van der Waals surface area contributed by atoms with Gasteiger partial charge in [-0.1, -0.05) is 0 Å². The Hall–Kier alpha value is -0.610. The maximum absolute atomic E-state index is 11.4. The van der Waals surface area contributed by atoms with Crippen molar-refractivity contribution in [1.29, 1.82) is 0 Å². The molecule has 1 amide bonds. The van der Waals surface area contributed by atoms with E-state index in [2.05, 4.69) is 5.32 Å². The van der Waals surface area contributed by atoms with Crippen LogP contribution in [0.2, 0.25) is 0 Å². The van der Waals surface area contributed by atoms with Gasteiger partial charge in [-0.2, -0.15) is 0 Å². The molecule has 0 aliphatic heterocycles. The molecule has 0 bridgehead atoms. The predicted octanol–water partition coefficient (Wildman–Crippen LogP) is 0.443. The van der Waals surface area contributed by atoms with Gasteiger partial charge in [0.25, 0.3) is 0 Å². The lowest BCUT2D eigenvalue weighted by atomic mass is 9.77. The molecule has 4 nitrogen and oxygen atoms in total. The first-order valence-corrected chi connectivity index (χ1v) is 5.11. The molecule has 1 saturated carbocycles. The highest BCUT2D eigenvalue weighted by molar-refractivity contribution is 5.78. The zero-order chi connectivity index (χ0) is 10.6. The molecule has 1 aliphatic rings. The normalized spacial score (nSPS) is 19.1. The average Bonchev–Trinajstić information content (AvgIpc) is 2.08. The molecule has 0 aromatic rings. The topological polar surface area (TPSA) is 58.6 Å². The summed E-state index contributed by atoms with van der Waals surface area (Å²) in [5.74, 6) is -0.132. The molecule has 1 aliphatic carbocycles. The van der Waals surface area contributed by atoms with Crippen molar-refractivity contribution < 1.29 is 14.6 Å². The van der Waals surface area contributed by atoms with Gasteiger partial charge < -0.3 is 15.2 Å². The largest absolute Gasteiger partial charge is 0.394 e. The quantitative estimate of drug-likeness (QED) is 0.678. The third kappa shape index (κ3) is 2.96. The third-order valence-electron chi connectivity index (χ3n) is 2.57. The number of ether oxygens (including phenoxy) is 1. The number of hydrogen-bond acceptors (Lipinski definition) is 3. The molecule has 0 aromatic heterocycles. The van der Waals surface area contributed by atoms with Gasteiger partial charge in [-0.25, -0.2) is 0 Å². The zero-order valence-electron chi connectivity index (χ0n) is 8.88. The summed E-state index contributed by atoms with van der Waals surface area (Å²) in [7, 11) is 0. The van der Waals surface area contributed by atoms with Crippen molar-refractivity contribution in [2.75, 3.05) is 13.2 Å². The second-order valence-corrected chi connectivity index (χ2v) is 4.20. The Labute approximate surface area is 84.6 Å². The van der Waals surface area contributed by atoms with Gasteiger partial charge in [-0.15, -0.1) is 0 Å². The highest BCUT2D eigenvalue weighted by Gasteiger charge is 2.37. The summed E-state index contributed by atoms with van der Waals surface area (Å²) in [4.78, 5) is 11.4. The van der Waals surface area contributed by atoms with E-state index in [0.29, 0.717) is 0 Å². The van der Waals surface area contributed by atoms with Gasteiger partial charge in [0.15, 0.2) is 0 Å². The molecule has 0 unspecified atom stereocenters. The minimum absolute atomic E-state index is 0.0282. The van der Waals surface area contributed by atoms with E-state index >= 15 is 0 Å². The van der Waals surface area contributed by atoms with Crippen LogP contribution in [0.5, 0.6) is 0 Å². The van der Waals surface area contributed by atoms with E-state index in [1.807, 2.05) is 13.8 Å². The van der Waals surface area contributed by atoms with E-state index in [1.54, 1.807) is 0 Å². The molecule has 0 heterocycles. The maximum Gasteiger partial charge on any atom is 0.246 e. The molecule has 0 atom stereocenters. The summed E-state index contributed by atoms with van der Waals surface area (Å²) >= 11 is 0. The monoisotopic (exact) mass is 201 g/mol. The van der Waals surface area contributed by atoms with Gasteiger partial charge in [-0.3, -0.25) is 4.79 Å². The van der Waals surface area contributed by atoms with Crippen LogP contribution in [0, 0.1) is 0 Å². The van der Waals surface area contributed by atoms with E-state index in [9.17, 15) is 4.79 Å². The molecule has 14 heavy (non-hydrogen) atoms. The molecule has 82 valence electrons.